The molecule has 0 unspecified atom stereocenters. The number of rotatable bonds is 3. The van der Waals surface area contributed by atoms with Crippen molar-refractivity contribution in [3.8, 4) is 0 Å². The van der Waals surface area contributed by atoms with Crippen LogP contribution in [0.5, 0.6) is 0 Å². The van der Waals surface area contributed by atoms with Crippen molar-refractivity contribution in [1.82, 2.24) is 5.12 Å². The molecular formula is C3H11N4-. The van der Waals surface area contributed by atoms with Gasteiger partial charge in [0.1, 0.15) is 0 Å². The molecule has 0 rings (SSSR count). The molecule has 4 nitrogen and oxygen atoms in total. The zero-order valence-electron chi connectivity index (χ0n) is 4.46. The maximum absolute atomic E-state index is 5.13. The van der Waals surface area contributed by atoms with Crippen molar-refractivity contribution < 1.29 is 0 Å². The van der Waals surface area contributed by atoms with Gasteiger partial charge < -0.3 is 16.5 Å². The molecule has 7 heavy (non-hydrogen) atoms. The number of hydrogen-bond acceptors (Lipinski definition) is 3. The summed E-state index contributed by atoms with van der Waals surface area (Å²) in [6, 6.07) is 0. The molecule has 4 heteroatoms. The Morgan fingerprint density at radius 2 is 2.29 bits per heavy atom. The first kappa shape index (κ1) is 6.84. The smallest absolute Gasteiger partial charge is 0.00661 e. The Bertz CT molecular complexity index is 37.9. The molecule has 0 heterocycles. The Balaban J connectivity index is 2.83. The van der Waals surface area contributed by atoms with Crippen LogP contribution in [-0.2, 0) is 0 Å². The molecule has 0 saturated heterocycles. The van der Waals surface area contributed by atoms with Gasteiger partial charge in [0.2, 0.25) is 0 Å². The van der Waals surface area contributed by atoms with E-state index in [1.54, 1.807) is 0 Å². The van der Waals surface area contributed by atoms with Crippen LogP contribution in [0.3, 0.4) is 0 Å². The first-order chi connectivity index (χ1) is 3.31. The van der Waals surface area contributed by atoms with Crippen LogP contribution in [0.25, 0.3) is 5.53 Å². The van der Waals surface area contributed by atoms with Crippen LogP contribution in [0.2, 0.25) is 0 Å². The lowest BCUT2D eigenvalue weighted by molar-refractivity contribution is 0.357. The minimum Gasteiger partial charge on any atom is -0.518 e. The molecule has 4 N–H and O–H groups in total. The normalized spacial score (nSPS) is 10.3. The van der Waals surface area contributed by atoms with Gasteiger partial charge in [0.25, 0.3) is 0 Å². The van der Waals surface area contributed by atoms with E-state index in [1.807, 2.05) is 6.92 Å². The Morgan fingerprint density at radius 1 is 1.71 bits per heavy atom. The first-order valence-corrected chi connectivity index (χ1v) is 2.24. The van der Waals surface area contributed by atoms with Gasteiger partial charge in [-0.2, -0.15) is 0 Å². The van der Waals surface area contributed by atoms with E-state index in [9.17, 15) is 0 Å². The summed E-state index contributed by atoms with van der Waals surface area (Å²) in [7, 11) is 0. The maximum atomic E-state index is 5.13. The van der Waals surface area contributed by atoms with Crippen LogP contribution < -0.4 is 11.7 Å². The molecule has 0 aromatic rings. The van der Waals surface area contributed by atoms with Crippen LogP contribution in [-0.4, -0.2) is 11.7 Å². The van der Waals surface area contributed by atoms with E-state index in [1.165, 1.54) is 5.12 Å². The van der Waals surface area contributed by atoms with Crippen molar-refractivity contribution in [3.05, 3.63) is 5.53 Å². The summed E-state index contributed by atoms with van der Waals surface area (Å²) >= 11 is 0. The van der Waals surface area contributed by atoms with Crippen molar-refractivity contribution in [2.75, 3.05) is 6.54 Å². The summed E-state index contributed by atoms with van der Waals surface area (Å²) in [6.07, 6.45) is 0.969. The summed E-state index contributed by atoms with van der Waals surface area (Å²) < 4.78 is 0. The number of hydrogen-bond donors (Lipinski definition) is 2. The van der Waals surface area contributed by atoms with Crippen LogP contribution >= 0.6 is 0 Å². The van der Waals surface area contributed by atoms with Crippen molar-refractivity contribution in [3.63, 3.8) is 0 Å². The minimum atomic E-state index is 0.719. The van der Waals surface area contributed by atoms with Gasteiger partial charge in [0.15, 0.2) is 0 Å². The minimum absolute atomic E-state index is 0.719. The SMILES string of the molecule is CCCN(N)[N-]N. The molecule has 0 radical (unpaired) electrons. The second-order valence-electron chi connectivity index (χ2n) is 1.28. The predicted molar refractivity (Wildman–Crippen MR) is 28.7 cm³/mol. The lowest BCUT2D eigenvalue weighted by Crippen LogP contribution is -2.29. The summed E-state index contributed by atoms with van der Waals surface area (Å²) in [6.45, 7) is 2.72. The Morgan fingerprint density at radius 3 is 2.43 bits per heavy atom. The first-order valence-electron chi connectivity index (χ1n) is 2.24. The Hall–Kier alpha value is -0.160. The molecular weight excluding hydrogens is 92.1 g/mol. The average Bonchev–Trinajstić information content (AvgIpc) is 1.68. The zero-order chi connectivity index (χ0) is 5.70. The van der Waals surface area contributed by atoms with Crippen molar-refractivity contribution >= 4 is 0 Å². The third-order valence-electron chi connectivity index (χ3n) is 0.601. The van der Waals surface area contributed by atoms with Gasteiger partial charge >= 0.3 is 0 Å². The van der Waals surface area contributed by atoms with Gasteiger partial charge in [-0.3, -0.25) is 5.84 Å². The lowest BCUT2D eigenvalue weighted by atomic mass is 10.5. The number of nitrogens with two attached hydrogens (primary N) is 2. The fourth-order valence-electron chi connectivity index (χ4n) is 0.287. The zero-order valence-corrected chi connectivity index (χ0v) is 4.46. The van der Waals surface area contributed by atoms with Crippen molar-refractivity contribution in [2.45, 2.75) is 13.3 Å². The molecule has 0 aliphatic heterocycles. The third-order valence-corrected chi connectivity index (χ3v) is 0.601. The summed E-state index contributed by atoms with van der Waals surface area (Å²) in [5, 5.41) is 1.21. The predicted octanol–water partition coefficient (Wildman–Crippen LogP) is -0.265. The molecule has 44 valence electrons. The highest BCUT2D eigenvalue weighted by Crippen LogP contribution is 1.82. The van der Waals surface area contributed by atoms with E-state index in [2.05, 4.69) is 5.53 Å². The van der Waals surface area contributed by atoms with Gasteiger partial charge in [0.05, 0.1) is 0 Å². The number of hydrazine groups is 1. The van der Waals surface area contributed by atoms with Gasteiger partial charge in [-0.05, 0) is 13.0 Å². The molecule has 0 bridgehead atoms. The molecule has 0 spiro atoms. The highest BCUT2D eigenvalue weighted by Gasteiger charge is 1.76. The topological polar surface area (TPSA) is 69.4 Å². The monoisotopic (exact) mass is 103 g/mol. The van der Waals surface area contributed by atoms with Gasteiger partial charge in [-0.15, -0.1) is 0 Å². The largest absolute Gasteiger partial charge is 0.518 e. The second kappa shape index (κ2) is 4.01. The second-order valence-corrected chi connectivity index (χ2v) is 1.28. The highest BCUT2D eigenvalue weighted by atomic mass is 15.7. The molecule has 0 fully saturated rings. The molecule has 0 aliphatic carbocycles. The van der Waals surface area contributed by atoms with Crippen LogP contribution in [0.15, 0.2) is 0 Å². The van der Waals surface area contributed by atoms with E-state index in [0.717, 1.165) is 13.0 Å². The van der Waals surface area contributed by atoms with Crippen LogP contribution in [0.1, 0.15) is 13.3 Å². The fraction of sp³-hybridized carbons (Fsp3) is 1.00. The molecule has 0 aliphatic rings. The fourth-order valence-corrected chi connectivity index (χ4v) is 0.287. The van der Waals surface area contributed by atoms with E-state index in [0.29, 0.717) is 0 Å². The van der Waals surface area contributed by atoms with E-state index >= 15 is 0 Å². The van der Waals surface area contributed by atoms with E-state index < -0.39 is 0 Å². The molecule has 0 atom stereocenters. The van der Waals surface area contributed by atoms with Crippen LogP contribution in [0, 0.1) is 0 Å². The molecule has 0 aromatic heterocycles. The average molecular weight is 103 g/mol. The third kappa shape index (κ3) is 3.68. The van der Waals surface area contributed by atoms with E-state index in [-0.39, 0.29) is 0 Å². The molecule has 0 saturated carbocycles. The van der Waals surface area contributed by atoms with Gasteiger partial charge in [0, 0.05) is 0 Å². The van der Waals surface area contributed by atoms with Crippen molar-refractivity contribution in [1.29, 1.82) is 0 Å². The lowest BCUT2D eigenvalue weighted by Gasteiger charge is -2.26. The summed E-state index contributed by atoms with van der Waals surface area (Å²) in [5.41, 5.74) is 3.19. The highest BCUT2D eigenvalue weighted by molar-refractivity contribution is 4.53. The molecule has 0 amide bonds. The van der Waals surface area contributed by atoms with E-state index in [4.69, 9.17) is 11.7 Å². The maximum Gasteiger partial charge on any atom is -0.00661 e. The van der Waals surface area contributed by atoms with Gasteiger partial charge in [-0.1, -0.05) is 6.92 Å². The Kier molecular flexibility index (Phi) is 3.92. The quantitative estimate of drug-likeness (QED) is 0.381. The van der Waals surface area contributed by atoms with Gasteiger partial charge in [-0.25, -0.2) is 0 Å². The van der Waals surface area contributed by atoms with Crippen molar-refractivity contribution in [2.24, 2.45) is 11.7 Å². The van der Waals surface area contributed by atoms with Crippen LogP contribution in [0.4, 0.5) is 0 Å². The molecule has 0 aromatic carbocycles. The summed E-state index contributed by atoms with van der Waals surface area (Å²) in [4.78, 5) is 0. The number of nitrogens with zero attached hydrogens (tertiary/aromatic N) is 2. The standard InChI is InChI=1S/C3H11N4/c1-2-3-7(5)6-4/h2-5H2,1H3/q-1. The summed E-state index contributed by atoms with van der Waals surface area (Å²) in [5.74, 6) is 9.91. The Labute approximate surface area is 43.4 Å².